The Morgan fingerprint density at radius 2 is 1.54 bits per heavy atom. The molecule has 0 aromatic heterocycles. The highest BCUT2D eigenvalue weighted by Gasteiger charge is 2.34. The summed E-state index contributed by atoms with van der Waals surface area (Å²) in [5, 5.41) is 3.85. The van der Waals surface area contributed by atoms with E-state index in [-0.39, 0.29) is 30.3 Å². The summed E-state index contributed by atoms with van der Waals surface area (Å²) < 4.78 is 11.9. The molecule has 5 heteroatoms. The maximum absolute atomic E-state index is 13.1. The molecule has 4 atom stereocenters. The van der Waals surface area contributed by atoms with Gasteiger partial charge in [0, 0.05) is 36.2 Å². The van der Waals surface area contributed by atoms with Crippen molar-refractivity contribution in [1.82, 2.24) is 5.32 Å². The summed E-state index contributed by atoms with van der Waals surface area (Å²) >= 11 is 0. The number of hydrogen-bond acceptors (Lipinski definition) is 4. The highest BCUT2D eigenvalue weighted by Crippen LogP contribution is 2.39. The molecule has 2 aromatic carbocycles. The number of ether oxygens (including phenoxy) is 2. The zero-order valence-corrected chi connectivity index (χ0v) is 22.5. The van der Waals surface area contributed by atoms with Crippen molar-refractivity contribution in [3.8, 4) is 0 Å². The third kappa shape index (κ3) is 5.23. The molecule has 0 bridgehead atoms. The molecular weight excluding hydrogens is 460 g/mol. The van der Waals surface area contributed by atoms with E-state index in [9.17, 15) is 4.79 Å². The lowest BCUT2D eigenvalue weighted by molar-refractivity contribution is -0.117. The van der Waals surface area contributed by atoms with Crippen LogP contribution in [0.5, 0.6) is 0 Å². The minimum Gasteiger partial charge on any atom is -0.343 e. The van der Waals surface area contributed by atoms with E-state index in [1.807, 2.05) is 18.7 Å². The fraction of sp³-hybridized carbons (Fsp3) is 0.594. The molecule has 2 unspecified atom stereocenters. The third-order valence-corrected chi connectivity index (χ3v) is 9.30. The summed E-state index contributed by atoms with van der Waals surface area (Å²) in [6, 6.07) is 15.8. The van der Waals surface area contributed by atoms with Gasteiger partial charge in [0.25, 0.3) is 0 Å². The average molecular weight is 503 g/mol. The van der Waals surface area contributed by atoms with Crippen molar-refractivity contribution in [2.45, 2.75) is 102 Å². The van der Waals surface area contributed by atoms with Crippen molar-refractivity contribution in [2.75, 3.05) is 18.0 Å². The Morgan fingerprint density at radius 3 is 2.27 bits per heavy atom. The van der Waals surface area contributed by atoms with Gasteiger partial charge in [-0.1, -0.05) is 62.4 Å². The standard InChI is InChI=1S/C32H42N2O3/c1-21-22(2)37-32(36-21)25-12-10-23(11-13-25)27-19-30(35)34(20-27)28-14-15-29-26(18-28)16-17-33-31(29)24-8-6-4-3-5-7-9-24/h10-15,18,21-22,24,27,31-33H,3-9,16-17,19-20H2,1-2H3/t21-,22-,27?,31?/m0/s1. The maximum atomic E-state index is 13.1. The van der Waals surface area contributed by atoms with E-state index in [0.717, 1.165) is 36.7 Å². The Kier molecular flexibility index (Phi) is 7.38. The van der Waals surface area contributed by atoms with Gasteiger partial charge in [-0.05, 0) is 74.4 Å². The van der Waals surface area contributed by atoms with E-state index in [2.05, 4.69) is 47.8 Å². The summed E-state index contributed by atoms with van der Waals surface area (Å²) in [4.78, 5) is 15.1. The molecule has 198 valence electrons. The van der Waals surface area contributed by atoms with Gasteiger partial charge in [0.05, 0.1) is 12.2 Å². The molecule has 2 saturated heterocycles. The van der Waals surface area contributed by atoms with Gasteiger partial charge in [0.2, 0.25) is 5.91 Å². The van der Waals surface area contributed by atoms with Gasteiger partial charge >= 0.3 is 0 Å². The molecule has 2 aromatic rings. The predicted octanol–water partition coefficient (Wildman–Crippen LogP) is 6.58. The first-order valence-corrected chi connectivity index (χ1v) is 14.6. The summed E-state index contributed by atoms with van der Waals surface area (Å²) in [6.45, 7) is 5.87. The van der Waals surface area contributed by atoms with Crippen LogP contribution in [0, 0.1) is 5.92 Å². The topological polar surface area (TPSA) is 50.8 Å². The van der Waals surface area contributed by atoms with E-state index in [1.165, 1.54) is 61.6 Å². The van der Waals surface area contributed by atoms with Crippen LogP contribution in [0.2, 0.25) is 0 Å². The van der Waals surface area contributed by atoms with Crippen molar-refractivity contribution in [2.24, 2.45) is 5.92 Å². The van der Waals surface area contributed by atoms with Gasteiger partial charge in [-0.2, -0.15) is 0 Å². The number of carbonyl (C=O) groups excluding carboxylic acids is 1. The molecule has 3 heterocycles. The van der Waals surface area contributed by atoms with Crippen molar-refractivity contribution in [1.29, 1.82) is 0 Å². The van der Waals surface area contributed by atoms with Crippen molar-refractivity contribution >= 4 is 11.6 Å². The number of benzene rings is 2. The van der Waals surface area contributed by atoms with Crippen LogP contribution in [0.4, 0.5) is 5.69 Å². The number of rotatable bonds is 4. The number of anilines is 1. The zero-order chi connectivity index (χ0) is 25.4. The van der Waals surface area contributed by atoms with Crippen LogP contribution in [0.15, 0.2) is 42.5 Å². The van der Waals surface area contributed by atoms with E-state index in [1.54, 1.807) is 0 Å². The first-order valence-electron chi connectivity index (χ1n) is 14.6. The fourth-order valence-electron chi connectivity index (χ4n) is 6.90. The fourth-order valence-corrected chi connectivity index (χ4v) is 6.90. The monoisotopic (exact) mass is 502 g/mol. The van der Waals surface area contributed by atoms with E-state index in [0.29, 0.717) is 12.5 Å². The molecule has 5 nitrogen and oxygen atoms in total. The second-order valence-electron chi connectivity index (χ2n) is 11.8. The largest absolute Gasteiger partial charge is 0.343 e. The van der Waals surface area contributed by atoms with E-state index >= 15 is 0 Å². The van der Waals surface area contributed by atoms with Crippen LogP contribution in [0.1, 0.15) is 106 Å². The molecule has 4 aliphatic rings. The lowest BCUT2D eigenvalue weighted by Gasteiger charge is -2.35. The highest BCUT2D eigenvalue weighted by atomic mass is 16.7. The molecular formula is C32H42N2O3. The van der Waals surface area contributed by atoms with Crippen LogP contribution in [0.3, 0.4) is 0 Å². The van der Waals surface area contributed by atoms with Crippen molar-refractivity contribution < 1.29 is 14.3 Å². The van der Waals surface area contributed by atoms with Gasteiger partial charge in [0.1, 0.15) is 0 Å². The Balaban J connectivity index is 1.15. The minimum atomic E-state index is -0.294. The van der Waals surface area contributed by atoms with Crippen LogP contribution < -0.4 is 10.2 Å². The van der Waals surface area contributed by atoms with Gasteiger partial charge in [-0.15, -0.1) is 0 Å². The summed E-state index contributed by atoms with van der Waals surface area (Å²) in [6.07, 6.45) is 11.1. The SMILES string of the molecule is C[C@@H]1OC(c2ccc(C3CC(=O)N(c4ccc5c(c4)CCNC5C4CCCCCCC4)C3)cc2)O[C@H]1C. The first-order chi connectivity index (χ1) is 18.1. The number of nitrogens with one attached hydrogen (secondary N) is 1. The number of hydrogen-bond donors (Lipinski definition) is 1. The van der Waals surface area contributed by atoms with Gasteiger partial charge < -0.3 is 19.7 Å². The van der Waals surface area contributed by atoms with E-state index in [4.69, 9.17) is 9.47 Å². The lowest BCUT2D eigenvalue weighted by Crippen LogP contribution is -2.35. The molecule has 0 radical (unpaired) electrons. The second-order valence-corrected chi connectivity index (χ2v) is 11.8. The summed E-state index contributed by atoms with van der Waals surface area (Å²) in [5.74, 6) is 1.17. The van der Waals surface area contributed by atoms with Crippen molar-refractivity contribution in [3.05, 3.63) is 64.7 Å². The molecule has 3 aliphatic heterocycles. The van der Waals surface area contributed by atoms with Crippen molar-refractivity contribution in [3.63, 3.8) is 0 Å². The first kappa shape index (κ1) is 25.1. The quantitative estimate of drug-likeness (QED) is 0.513. The lowest BCUT2D eigenvalue weighted by atomic mass is 9.79. The molecule has 3 fully saturated rings. The summed E-state index contributed by atoms with van der Waals surface area (Å²) in [5.41, 5.74) is 6.23. The molecule has 1 saturated carbocycles. The number of fused-ring (bicyclic) bond motifs is 1. The Hall–Kier alpha value is -2.21. The maximum Gasteiger partial charge on any atom is 0.227 e. The summed E-state index contributed by atoms with van der Waals surface area (Å²) in [7, 11) is 0. The smallest absolute Gasteiger partial charge is 0.227 e. The number of amides is 1. The molecule has 1 N–H and O–H groups in total. The van der Waals surface area contributed by atoms with Crippen LogP contribution in [-0.4, -0.2) is 31.2 Å². The van der Waals surface area contributed by atoms with Gasteiger partial charge in [-0.3, -0.25) is 4.79 Å². The Morgan fingerprint density at radius 1 is 0.865 bits per heavy atom. The Bertz CT molecular complexity index is 1080. The molecule has 1 amide bonds. The number of carbonyl (C=O) groups is 1. The van der Waals surface area contributed by atoms with Gasteiger partial charge in [0.15, 0.2) is 6.29 Å². The normalized spacial score (nSPS) is 29.8. The minimum absolute atomic E-state index is 0.102. The van der Waals surface area contributed by atoms with Crippen LogP contribution in [-0.2, 0) is 20.7 Å². The highest BCUT2D eigenvalue weighted by molar-refractivity contribution is 5.96. The Labute approximate surface area is 221 Å². The number of nitrogens with zero attached hydrogens (tertiary/aromatic N) is 1. The molecule has 0 spiro atoms. The van der Waals surface area contributed by atoms with Crippen LogP contribution >= 0.6 is 0 Å². The molecule has 6 rings (SSSR count). The van der Waals surface area contributed by atoms with Crippen LogP contribution in [0.25, 0.3) is 0 Å². The van der Waals surface area contributed by atoms with Gasteiger partial charge in [-0.25, -0.2) is 0 Å². The third-order valence-electron chi connectivity index (χ3n) is 9.30. The zero-order valence-electron chi connectivity index (χ0n) is 22.5. The second kappa shape index (κ2) is 10.9. The predicted molar refractivity (Wildman–Crippen MR) is 147 cm³/mol. The average Bonchev–Trinajstić information content (AvgIpc) is 3.45. The van der Waals surface area contributed by atoms with E-state index < -0.39 is 0 Å². The molecule has 1 aliphatic carbocycles. The molecule has 37 heavy (non-hydrogen) atoms.